The first kappa shape index (κ1) is 10.4. The number of rotatable bonds is 3. The summed E-state index contributed by atoms with van der Waals surface area (Å²) in [6.45, 7) is 3.96. The summed E-state index contributed by atoms with van der Waals surface area (Å²) >= 11 is 0. The van der Waals surface area contributed by atoms with Gasteiger partial charge in [0.05, 0.1) is 0 Å². The van der Waals surface area contributed by atoms with Crippen LogP contribution < -0.4 is 0 Å². The Morgan fingerprint density at radius 2 is 1.91 bits per heavy atom. The van der Waals surface area contributed by atoms with Gasteiger partial charge in [-0.25, -0.2) is 0 Å². The number of amides is 1. The maximum atomic E-state index is 11.1. The van der Waals surface area contributed by atoms with Gasteiger partial charge in [0.25, 0.3) is 5.91 Å². The first-order chi connectivity index (χ1) is 4.95. The molecule has 0 fully saturated rings. The summed E-state index contributed by atoms with van der Waals surface area (Å²) in [5, 5.41) is 9.27. The van der Waals surface area contributed by atoms with E-state index >= 15 is 0 Å². The van der Waals surface area contributed by atoms with Crippen LogP contribution in [-0.2, 0) is 4.79 Å². The molecular formula is C8H17NO2. The molecule has 0 aromatic heterocycles. The lowest BCUT2D eigenvalue weighted by Gasteiger charge is -2.16. The first-order valence-electron chi connectivity index (χ1n) is 3.84. The highest BCUT2D eigenvalue weighted by Gasteiger charge is 2.17. The van der Waals surface area contributed by atoms with Gasteiger partial charge in [-0.2, -0.15) is 0 Å². The fourth-order valence-corrected chi connectivity index (χ4v) is 0.845. The van der Waals surface area contributed by atoms with E-state index in [1.54, 1.807) is 14.1 Å². The van der Waals surface area contributed by atoms with Crippen molar-refractivity contribution in [2.24, 2.45) is 5.92 Å². The van der Waals surface area contributed by atoms with Crippen molar-refractivity contribution in [3.8, 4) is 0 Å². The summed E-state index contributed by atoms with van der Waals surface area (Å²) in [5.41, 5.74) is 0. The van der Waals surface area contributed by atoms with Crippen LogP contribution >= 0.6 is 0 Å². The van der Waals surface area contributed by atoms with Crippen molar-refractivity contribution in [3.63, 3.8) is 0 Å². The predicted octanol–water partition coefficient (Wildman–Crippen LogP) is 0.482. The maximum absolute atomic E-state index is 11.1. The number of carbonyl (C=O) groups is 1. The molecule has 0 radical (unpaired) electrons. The summed E-state index contributed by atoms with van der Waals surface area (Å²) < 4.78 is 0. The molecule has 1 atom stereocenters. The van der Waals surface area contributed by atoms with Gasteiger partial charge in [-0.05, 0) is 12.3 Å². The van der Waals surface area contributed by atoms with Gasteiger partial charge in [0.1, 0.15) is 6.10 Å². The molecule has 0 aromatic rings. The Morgan fingerprint density at radius 3 is 2.18 bits per heavy atom. The number of hydrogen-bond donors (Lipinski definition) is 1. The van der Waals surface area contributed by atoms with Crippen molar-refractivity contribution in [1.82, 2.24) is 4.90 Å². The molecule has 11 heavy (non-hydrogen) atoms. The second kappa shape index (κ2) is 4.34. The van der Waals surface area contributed by atoms with E-state index in [1.165, 1.54) is 4.90 Å². The third-order valence-electron chi connectivity index (χ3n) is 1.42. The lowest BCUT2D eigenvalue weighted by atomic mass is 10.1. The molecular weight excluding hydrogens is 142 g/mol. The van der Waals surface area contributed by atoms with Crippen LogP contribution in [0.2, 0.25) is 0 Å². The summed E-state index contributed by atoms with van der Waals surface area (Å²) in [5.74, 6) is 0.146. The zero-order valence-electron chi connectivity index (χ0n) is 7.66. The number of carbonyl (C=O) groups excluding carboxylic acids is 1. The van der Waals surface area contributed by atoms with Gasteiger partial charge < -0.3 is 10.0 Å². The summed E-state index contributed by atoms with van der Waals surface area (Å²) in [4.78, 5) is 12.5. The standard InChI is InChI=1S/C8H17NO2/c1-6(2)5-7(10)8(11)9(3)4/h6-7,10H,5H2,1-4H3/t7-/m0/s1. The van der Waals surface area contributed by atoms with Crippen molar-refractivity contribution >= 4 is 5.91 Å². The fraction of sp³-hybridized carbons (Fsp3) is 0.875. The summed E-state index contributed by atoms with van der Waals surface area (Å²) in [6.07, 6.45) is -0.290. The monoisotopic (exact) mass is 159 g/mol. The Morgan fingerprint density at radius 1 is 1.45 bits per heavy atom. The maximum Gasteiger partial charge on any atom is 0.250 e. The molecule has 0 bridgehead atoms. The van der Waals surface area contributed by atoms with Crippen LogP contribution in [0, 0.1) is 5.92 Å². The highest BCUT2D eigenvalue weighted by Crippen LogP contribution is 2.05. The average molecular weight is 159 g/mol. The van der Waals surface area contributed by atoms with E-state index in [0.717, 1.165) is 0 Å². The zero-order valence-corrected chi connectivity index (χ0v) is 7.66. The van der Waals surface area contributed by atoms with E-state index in [2.05, 4.69) is 0 Å². The van der Waals surface area contributed by atoms with Crippen LogP contribution in [0.4, 0.5) is 0 Å². The third-order valence-corrected chi connectivity index (χ3v) is 1.42. The normalized spacial score (nSPS) is 13.3. The number of likely N-dealkylation sites (N-methyl/N-ethyl adjacent to an activating group) is 1. The van der Waals surface area contributed by atoms with E-state index in [9.17, 15) is 9.90 Å². The molecule has 3 heteroatoms. The van der Waals surface area contributed by atoms with Crippen LogP contribution in [0.3, 0.4) is 0 Å². The number of hydrogen-bond acceptors (Lipinski definition) is 2. The molecule has 0 saturated carbocycles. The van der Waals surface area contributed by atoms with Crippen molar-refractivity contribution in [2.45, 2.75) is 26.4 Å². The first-order valence-corrected chi connectivity index (χ1v) is 3.84. The molecule has 66 valence electrons. The quantitative estimate of drug-likeness (QED) is 0.650. The number of aliphatic hydroxyl groups is 1. The minimum absolute atomic E-state index is 0.210. The van der Waals surface area contributed by atoms with Gasteiger partial charge in [0, 0.05) is 14.1 Å². The summed E-state index contributed by atoms with van der Waals surface area (Å²) in [6, 6.07) is 0. The highest BCUT2D eigenvalue weighted by molar-refractivity contribution is 5.80. The lowest BCUT2D eigenvalue weighted by molar-refractivity contribution is -0.138. The van der Waals surface area contributed by atoms with Crippen LogP contribution in [0.15, 0.2) is 0 Å². The minimum Gasteiger partial charge on any atom is -0.383 e. The van der Waals surface area contributed by atoms with Gasteiger partial charge in [-0.3, -0.25) is 4.79 Å². The van der Waals surface area contributed by atoms with Gasteiger partial charge in [0.15, 0.2) is 0 Å². The number of aliphatic hydroxyl groups excluding tert-OH is 1. The fourth-order valence-electron chi connectivity index (χ4n) is 0.845. The summed E-state index contributed by atoms with van der Waals surface area (Å²) in [7, 11) is 3.29. The van der Waals surface area contributed by atoms with Gasteiger partial charge >= 0.3 is 0 Å². The largest absolute Gasteiger partial charge is 0.383 e. The third kappa shape index (κ3) is 3.98. The lowest BCUT2D eigenvalue weighted by Crippen LogP contribution is -2.34. The van der Waals surface area contributed by atoms with Gasteiger partial charge in [-0.15, -0.1) is 0 Å². The van der Waals surface area contributed by atoms with Crippen LogP contribution in [0.1, 0.15) is 20.3 Å². The molecule has 0 aliphatic carbocycles. The zero-order chi connectivity index (χ0) is 9.02. The molecule has 0 aliphatic heterocycles. The SMILES string of the molecule is CC(C)C[C@H](O)C(=O)N(C)C. The molecule has 0 aromatic carbocycles. The van der Waals surface area contributed by atoms with Crippen LogP contribution in [-0.4, -0.2) is 36.1 Å². The predicted molar refractivity (Wildman–Crippen MR) is 44.2 cm³/mol. The molecule has 1 amide bonds. The van der Waals surface area contributed by atoms with Crippen LogP contribution in [0.5, 0.6) is 0 Å². The molecule has 0 aliphatic rings. The van der Waals surface area contributed by atoms with Gasteiger partial charge in [-0.1, -0.05) is 13.8 Å². The molecule has 1 N–H and O–H groups in total. The van der Waals surface area contributed by atoms with Crippen molar-refractivity contribution in [3.05, 3.63) is 0 Å². The molecule has 3 nitrogen and oxygen atoms in total. The average Bonchev–Trinajstić information content (AvgIpc) is 1.84. The number of nitrogens with zero attached hydrogens (tertiary/aromatic N) is 1. The van der Waals surface area contributed by atoms with Crippen molar-refractivity contribution in [2.75, 3.05) is 14.1 Å². The van der Waals surface area contributed by atoms with E-state index in [0.29, 0.717) is 12.3 Å². The topological polar surface area (TPSA) is 40.5 Å². The van der Waals surface area contributed by atoms with E-state index in [-0.39, 0.29) is 5.91 Å². The van der Waals surface area contributed by atoms with Crippen molar-refractivity contribution < 1.29 is 9.90 Å². The Hall–Kier alpha value is -0.570. The van der Waals surface area contributed by atoms with E-state index in [1.807, 2.05) is 13.8 Å². The van der Waals surface area contributed by atoms with E-state index < -0.39 is 6.10 Å². The molecule has 0 spiro atoms. The Labute approximate surface area is 68.0 Å². The minimum atomic E-state index is -0.829. The van der Waals surface area contributed by atoms with Crippen LogP contribution in [0.25, 0.3) is 0 Å². The van der Waals surface area contributed by atoms with E-state index in [4.69, 9.17) is 0 Å². The molecule has 0 unspecified atom stereocenters. The second-order valence-electron chi connectivity index (χ2n) is 3.38. The Balaban J connectivity index is 3.83. The van der Waals surface area contributed by atoms with Crippen molar-refractivity contribution in [1.29, 1.82) is 0 Å². The Bertz CT molecular complexity index is 132. The Kier molecular flexibility index (Phi) is 4.11. The smallest absolute Gasteiger partial charge is 0.250 e. The second-order valence-corrected chi connectivity index (χ2v) is 3.38. The molecule has 0 rings (SSSR count). The molecule has 0 saturated heterocycles. The van der Waals surface area contributed by atoms with Gasteiger partial charge in [0.2, 0.25) is 0 Å². The molecule has 0 heterocycles. The highest BCUT2D eigenvalue weighted by atomic mass is 16.3.